The molecule has 0 aromatic carbocycles. The van der Waals surface area contributed by atoms with Crippen molar-refractivity contribution in [3.8, 4) is 6.01 Å². The van der Waals surface area contributed by atoms with Crippen LogP contribution < -0.4 is 16.0 Å². The van der Waals surface area contributed by atoms with E-state index >= 15 is 0 Å². The maximum Gasteiger partial charge on any atom is 0.299 e. The zero-order chi connectivity index (χ0) is 11.3. The molecule has 0 unspecified atom stereocenters. The minimum Gasteiger partial charge on any atom is -0.468 e. The third-order valence-corrected chi connectivity index (χ3v) is 2.12. The third-order valence-electron chi connectivity index (χ3n) is 2.12. The molecule has 0 saturated heterocycles. The first-order valence-corrected chi connectivity index (χ1v) is 5.01. The van der Waals surface area contributed by atoms with E-state index < -0.39 is 0 Å². The van der Waals surface area contributed by atoms with Crippen molar-refractivity contribution >= 4 is 0 Å². The summed E-state index contributed by atoms with van der Waals surface area (Å²) in [4.78, 5) is 15.8. The summed E-state index contributed by atoms with van der Waals surface area (Å²) in [6.07, 6.45) is 1.75. The summed E-state index contributed by atoms with van der Waals surface area (Å²) < 4.78 is 6.59. The molecule has 1 aromatic heterocycles. The lowest BCUT2D eigenvalue weighted by atomic mass is 10.3. The van der Waals surface area contributed by atoms with Gasteiger partial charge in [0.15, 0.2) is 0 Å². The Labute approximate surface area is 88.9 Å². The quantitative estimate of drug-likeness (QED) is 0.711. The van der Waals surface area contributed by atoms with E-state index in [0.29, 0.717) is 24.8 Å². The Morgan fingerprint density at radius 3 is 2.87 bits per heavy atom. The number of hydrogen-bond acceptors (Lipinski definition) is 4. The maximum atomic E-state index is 11.6. The molecule has 15 heavy (non-hydrogen) atoms. The van der Waals surface area contributed by atoms with E-state index in [1.54, 1.807) is 6.92 Å². The lowest BCUT2D eigenvalue weighted by Crippen LogP contribution is -2.23. The molecule has 5 nitrogen and oxygen atoms in total. The molecule has 0 atom stereocenters. The van der Waals surface area contributed by atoms with Crippen LogP contribution in [0.1, 0.15) is 18.5 Å². The number of unbranched alkanes of at least 4 members (excludes halogenated alkanes) is 1. The molecular weight excluding hydrogens is 194 g/mol. The van der Waals surface area contributed by atoms with Crippen molar-refractivity contribution in [3.05, 3.63) is 22.1 Å². The van der Waals surface area contributed by atoms with Crippen LogP contribution in [0.5, 0.6) is 6.01 Å². The van der Waals surface area contributed by atoms with Gasteiger partial charge in [0.2, 0.25) is 0 Å². The highest BCUT2D eigenvalue weighted by molar-refractivity contribution is 5.06. The molecule has 5 heteroatoms. The highest BCUT2D eigenvalue weighted by Gasteiger charge is 2.06. The third kappa shape index (κ3) is 3.06. The second kappa shape index (κ2) is 5.50. The smallest absolute Gasteiger partial charge is 0.299 e. The fraction of sp³-hybridized carbons (Fsp3) is 0.600. The first kappa shape index (κ1) is 11.7. The lowest BCUT2D eigenvalue weighted by Gasteiger charge is -2.10. The van der Waals surface area contributed by atoms with Crippen LogP contribution >= 0.6 is 0 Å². The predicted molar refractivity (Wildman–Crippen MR) is 58.1 cm³/mol. The Hall–Kier alpha value is -1.36. The first-order valence-electron chi connectivity index (χ1n) is 5.01. The van der Waals surface area contributed by atoms with Crippen molar-refractivity contribution in [3.63, 3.8) is 0 Å². The zero-order valence-electron chi connectivity index (χ0n) is 9.19. The Morgan fingerprint density at radius 2 is 2.27 bits per heavy atom. The molecule has 84 valence electrons. The van der Waals surface area contributed by atoms with Gasteiger partial charge in [0.05, 0.1) is 7.11 Å². The van der Waals surface area contributed by atoms with Crippen molar-refractivity contribution in [2.45, 2.75) is 26.3 Å². The maximum absolute atomic E-state index is 11.6. The molecule has 2 N–H and O–H groups in total. The van der Waals surface area contributed by atoms with Crippen molar-refractivity contribution in [1.82, 2.24) is 9.55 Å². The van der Waals surface area contributed by atoms with E-state index in [4.69, 9.17) is 10.5 Å². The summed E-state index contributed by atoms with van der Waals surface area (Å²) in [5, 5.41) is 0. The van der Waals surface area contributed by atoms with Gasteiger partial charge >= 0.3 is 0 Å². The van der Waals surface area contributed by atoms with Crippen molar-refractivity contribution < 1.29 is 4.74 Å². The van der Waals surface area contributed by atoms with Gasteiger partial charge in [-0.3, -0.25) is 9.36 Å². The predicted octanol–water partition coefficient (Wildman–Crippen LogP) is 0.299. The van der Waals surface area contributed by atoms with E-state index in [2.05, 4.69) is 4.98 Å². The molecule has 1 rings (SSSR count). The van der Waals surface area contributed by atoms with E-state index in [9.17, 15) is 4.79 Å². The van der Waals surface area contributed by atoms with Crippen LogP contribution in [0.4, 0.5) is 0 Å². The topological polar surface area (TPSA) is 70.1 Å². The minimum atomic E-state index is -0.0728. The molecule has 0 amide bonds. The van der Waals surface area contributed by atoms with Crippen LogP contribution in [0.25, 0.3) is 0 Å². The number of methoxy groups -OCH3 is 1. The number of hydrogen-bond donors (Lipinski definition) is 1. The average Bonchev–Trinajstić information content (AvgIpc) is 2.20. The van der Waals surface area contributed by atoms with E-state index in [-0.39, 0.29) is 5.56 Å². The number of aromatic nitrogens is 2. The van der Waals surface area contributed by atoms with Gasteiger partial charge in [-0.1, -0.05) is 0 Å². The molecule has 0 fully saturated rings. The fourth-order valence-electron chi connectivity index (χ4n) is 1.37. The van der Waals surface area contributed by atoms with Crippen LogP contribution in [-0.2, 0) is 6.54 Å². The lowest BCUT2D eigenvalue weighted by molar-refractivity contribution is 0.341. The van der Waals surface area contributed by atoms with Gasteiger partial charge in [-0.15, -0.1) is 0 Å². The Balaban J connectivity index is 2.89. The van der Waals surface area contributed by atoms with E-state index in [0.717, 1.165) is 12.8 Å². The molecule has 0 aliphatic rings. The molecule has 0 aliphatic carbocycles. The van der Waals surface area contributed by atoms with Gasteiger partial charge in [-0.25, -0.2) is 4.98 Å². The number of nitrogens with two attached hydrogens (primary N) is 1. The Kier molecular flexibility index (Phi) is 4.30. The fourth-order valence-corrected chi connectivity index (χ4v) is 1.37. The Morgan fingerprint density at radius 1 is 1.53 bits per heavy atom. The van der Waals surface area contributed by atoms with Crippen molar-refractivity contribution in [2.24, 2.45) is 5.73 Å². The zero-order valence-corrected chi connectivity index (χ0v) is 9.19. The average molecular weight is 211 g/mol. The molecule has 0 saturated carbocycles. The van der Waals surface area contributed by atoms with Gasteiger partial charge in [0.25, 0.3) is 11.6 Å². The number of aryl methyl sites for hydroxylation is 1. The number of ether oxygens (including phenoxy) is 1. The second-order valence-corrected chi connectivity index (χ2v) is 3.37. The standard InChI is InChI=1S/C10H17N3O2/c1-8-7-9(14)13(6-4-3-5-11)10(12-8)15-2/h7H,3-6,11H2,1-2H3. The van der Waals surface area contributed by atoms with Crippen LogP contribution in [0.15, 0.2) is 10.9 Å². The molecule has 0 aliphatic heterocycles. The van der Waals surface area contributed by atoms with Crippen molar-refractivity contribution in [2.75, 3.05) is 13.7 Å². The summed E-state index contributed by atoms with van der Waals surface area (Å²) in [6, 6.07) is 1.88. The van der Waals surface area contributed by atoms with Gasteiger partial charge in [-0.05, 0) is 26.3 Å². The SMILES string of the molecule is COc1nc(C)cc(=O)n1CCCCN. The van der Waals surface area contributed by atoms with Gasteiger partial charge in [0, 0.05) is 18.3 Å². The summed E-state index contributed by atoms with van der Waals surface area (Å²) in [5.74, 6) is 0. The second-order valence-electron chi connectivity index (χ2n) is 3.37. The highest BCUT2D eigenvalue weighted by atomic mass is 16.5. The highest BCUT2D eigenvalue weighted by Crippen LogP contribution is 2.05. The van der Waals surface area contributed by atoms with Crippen LogP contribution in [0.3, 0.4) is 0 Å². The summed E-state index contributed by atoms with van der Waals surface area (Å²) >= 11 is 0. The number of rotatable bonds is 5. The largest absolute Gasteiger partial charge is 0.468 e. The van der Waals surface area contributed by atoms with Crippen LogP contribution in [-0.4, -0.2) is 23.2 Å². The van der Waals surface area contributed by atoms with Gasteiger partial charge in [0.1, 0.15) is 0 Å². The molecule has 1 heterocycles. The van der Waals surface area contributed by atoms with Gasteiger partial charge < -0.3 is 10.5 Å². The van der Waals surface area contributed by atoms with Crippen LogP contribution in [0.2, 0.25) is 0 Å². The molecule has 1 aromatic rings. The Bertz CT molecular complexity index is 373. The first-order chi connectivity index (χ1) is 7.19. The van der Waals surface area contributed by atoms with Crippen molar-refractivity contribution in [1.29, 1.82) is 0 Å². The molecule has 0 bridgehead atoms. The normalized spacial score (nSPS) is 10.3. The monoisotopic (exact) mass is 211 g/mol. The molecular formula is C10H17N3O2. The minimum absolute atomic E-state index is 0.0728. The molecule has 0 spiro atoms. The summed E-state index contributed by atoms with van der Waals surface area (Å²) in [5.41, 5.74) is 5.99. The van der Waals surface area contributed by atoms with E-state index in [1.165, 1.54) is 17.7 Å². The summed E-state index contributed by atoms with van der Waals surface area (Å²) in [7, 11) is 1.51. The number of nitrogens with zero attached hydrogens (tertiary/aromatic N) is 2. The van der Waals surface area contributed by atoms with Gasteiger partial charge in [-0.2, -0.15) is 0 Å². The van der Waals surface area contributed by atoms with Crippen LogP contribution in [0, 0.1) is 6.92 Å². The summed E-state index contributed by atoms with van der Waals surface area (Å²) in [6.45, 7) is 3.01. The van der Waals surface area contributed by atoms with E-state index in [1.807, 2.05) is 0 Å². The molecule has 0 radical (unpaired) electrons.